The van der Waals surface area contributed by atoms with Crippen molar-refractivity contribution in [3.05, 3.63) is 18.1 Å². The molecule has 1 aliphatic rings. The van der Waals surface area contributed by atoms with E-state index in [0.29, 0.717) is 23.8 Å². The zero-order valence-electron chi connectivity index (χ0n) is 10.1. The van der Waals surface area contributed by atoms with E-state index in [1.165, 1.54) is 6.42 Å². The number of rotatable bonds is 3. The molecule has 4 nitrogen and oxygen atoms in total. The van der Waals surface area contributed by atoms with Gasteiger partial charge in [-0.15, -0.1) is 0 Å². The molecule has 0 spiro atoms. The van der Waals surface area contributed by atoms with Gasteiger partial charge in [0.25, 0.3) is 0 Å². The number of ether oxygens (including phenoxy) is 1. The molecule has 1 fully saturated rings. The quantitative estimate of drug-likeness (QED) is 0.842. The first-order chi connectivity index (χ1) is 7.77. The molecular weight excluding hydrogens is 202 g/mol. The standard InChI is InChI=1S/C12H19N3O/c1-8-9(4-5-10(8)13-2)11-12(16-3)15-7-6-14-11/h6-10,13H,4-5H2,1-3H3. The highest BCUT2D eigenvalue weighted by molar-refractivity contribution is 5.24. The normalized spacial score (nSPS) is 29.3. The molecule has 1 heterocycles. The second-order valence-electron chi connectivity index (χ2n) is 4.39. The summed E-state index contributed by atoms with van der Waals surface area (Å²) in [7, 11) is 3.68. The Labute approximate surface area is 96.4 Å². The second-order valence-corrected chi connectivity index (χ2v) is 4.39. The largest absolute Gasteiger partial charge is 0.480 e. The van der Waals surface area contributed by atoms with Crippen molar-refractivity contribution in [3.8, 4) is 5.88 Å². The monoisotopic (exact) mass is 221 g/mol. The topological polar surface area (TPSA) is 47.0 Å². The third kappa shape index (κ3) is 1.89. The Kier molecular flexibility index (Phi) is 3.39. The van der Waals surface area contributed by atoms with Gasteiger partial charge in [0.05, 0.1) is 7.11 Å². The van der Waals surface area contributed by atoms with Crippen molar-refractivity contribution in [3.63, 3.8) is 0 Å². The number of hydrogen-bond donors (Lipinski definition) is 1. The second kappa shape index (κ2) is 4.78. The van der Waals surface area contributed by atoms with Gasteiger partial charge in [-0.1, -0.05) is 6.92 Å². The predicted octanol–water partition coefficient (Wildman–Crippen LogP) is 1.59. The lowest BCUT2D eigenvalue weighted by atomic mass is 9.92. The first kappa shape index (κ1) is 11.3. The van der Waals surface area contributed by atoms with Crippen molar-refractivity contribution >= 4 is 0 Å². The number of hydrogen-bond acceptors (Lipinski definition) is 4. The maximum Gasteiger partial charge on any atom is 0.235 e. The van der Waals surface area contributed by atoms with Crippen LogP contribution in [-0.2, 0) is 0 Å². The summed E-state index contributed by atoms with van der Waals surface area (Å²) in [5, 5.41) is 3.36. The van der Waals surface area contributed by atoms with E-state index in [2.05, 4.69) is 22.2 Å². The van der Waals surface area contributed by atoms with Crippen molar-refractivity contribution < 1.29 is 4.74 Å². The molecule has 1 saturated carbocycles. The Hall–Kier alpha value is -1.16. The Morgan fingerprint density at radius 2 is 2.06 bits per heavy atom. The zero-order chi connectivity index (χ0) is 11.5. The van der Waals surface area contributed by atoms with E-state index >= 15 is 0 Å². The zero-order valence-corrected chi connectivity index (χ0v) is 10.1. The average Bonchev–Trinajstić information content (AvgIpc) is 2.70. The molecule has 0 saturated heterocycles. The van der Waals surface area contributed by atoms with E-state index in [-0.39, 0.29) is 0 Å². The summed E-state index contributed by atoms with van der Waals surface area (Å²) in [6.45, 7) is 2.27. The summed E-state index contributed by atoms with van der Waals surface area (Å²) in [6, 6.07) is 0.580. The Bertz CT molecular complexity index is 356. The van der Waals surface area contributed by atoms with Gasteiger partial charge in [0.1, 0.15) is 5.69 Å². The minimum absolute atomic E-state index is 0.459. The van der Waals surface area contributed by atoms with Crippen molar-refractivity contribution in [1.82, 2.24) is 15.3 Å². The van der Waals surface area contributed by atoms with Crippen molar-refractivity contribution in [2.24, 2.45) is 5.92 Å². The van der Waals surface area contributed by atoms with Crippen LogP contribution >= 0.6 is 0 Å². The van der Waals surface area contributed by atoms with E-state index in [9.17, 15) is 0 Å². The number of nitrogens with zero attached hydrogens (tertiary/aromatic N) is 2. The molecule has 2 rings (SSSR count). The minimum atomic E-state index is 0.459. The van der Waals surface area contributed by atoms with Crippen molar-refractivity contribution in [2.75, 3.05) is 14.2 Å². The van der Waals surface area contributed by atoms with Crippen LogP contribution in [0.4, 0.5) is 0 Å². The van der Waals surface area contributed by atoms with Gasteiger partial charge in [0.2, 0.25) is 5.88 Å². The first-order valence-electron chi connectivity index (χ1n) is 5.80. The van der Waals surface area contributed by atoms with E-state index in [1.807, 2.05) is 7.05 Å². The van der Waals surface area contributed by atoms with Crippen LogP contribution in [0.3, 0.4) is 0 Å². The van der Waals surface area contributed by atoms with Gasteiger partial charge in [-0.05, 0) is 25.8 Å². The van der Waals surface area contributed by atoms with Crippen LogP contribution < -0.4 is 10.1 Å². The van der Waals surface area contributed by atoms with Gasteiger partial charge in [-0.25, -0.2) is 4.98 Å². The fourth-order valence-corrected chi connectivity index (χ4v) is 2.71. The van der Waals surface area contributed by atoms with E-state index in [4.69, 9.17) is 4.74 Å². The van der Waals surface area contributed by atoms with Crippen molar-refractivity contribution in [1.29, 1.82) is 0 Å². The third-order valence-corrected chi connectivity index (χ3v) is 3.66. The summed E-state index contributed by atoms with van der Waals surface area (Å²) < 4.78 is 5.28. The molecule has 3 atom stereocenters. The molecule has 0 radical (unpaired) electrons. The number of nitrogens with one attached hydrogen (secondary N) is 1. The van der Waals surface area contributed by atoms with Crippen molar-refractivity contribution in [2.45, 2.75) is 31.7 Å². The smallest absolute Gasteiger partial charge is 0.235 e. The molecule has 1 aromatic heterocycles. The number of methoxy groups -OCH3 is 1. The molecule has 1 aromatic rings. The highest BCUT2D eigenvalue weighted by Crippen LogP contribution is 2.40. The van der Waals surface area contributed by atoms with E-state index in [1.54, 1.807) is 19.5 Å². The van der Waals surface area contributed by atoms with Crippen LogP contribution in [0.1, 0.15) is 31.4 Å². The van der Waals surface area contributed by atoms with Gasteiger partial charge in [0.15, 0.2) is 0 Å². The van der Waals surface area contributed by atoms with Crippen LogP contribution in [0.5, 0.6) is 5.88 Å². The third-order valence-electron chi connectivity index (χ3n) is 3.66. The van der Waals surface area contributed by atoms with Crippen LogP contribution in [0.2, 0.25) is 0 Å². The lowest BCUT2D eigenvalue weighted by Crippen LogP contribution is -2.29. The molecule has 0 bridgehead atoms. The highest BCUT2D eigenvalue weighted by Gasteiger charge is 2.35. The maximum atomic E-state index is 5.28. The van der Waals surface area contributed by atoms with Gasteiger partial charge in [-0.2, -0.15) is 0 Å². The fourth-order valence-electron chi connectivity index (χ4n) is 2.71. The van der Waals surface area contributed by atoms with E-state index in [0.717, 1.165) is 12.1 Å². The SMILES string of the molecule is CNC1CCC(c2nccnc2OC)C1C. The molecular formula is C12H19N3O. The minimum Gasteiger partial charge on any atom is -0.480 e. The molecule has 16 heavy (non-hydrogen) atoms. The summed E-state index contributed by atoms with van der Waals surface area (Å²) >= 11 is 0. The molecule has 0 aliphatic heterocycles. The highest BCUT2D eigenvalue weighted by atomic mass is 16.5. The fraction of sp³-hybridized carbons (Fsp3) is 0.667. The summed E-state index contributed by atoms with van der Waals surface area (Å²) in [4.78, 5) is 8.66. The molecule has 1 aliphatic carbocycles. The molecule has 4 heteroatoms. The van der Waals surface area contributed by atoms with Gasteiger partial charge in [-0.3, -0.25) is 4.98 Å². The van der Waals surface area contributed by atoms with Crippen LogP contribution in [0.25, 0.3) is 0 Å². The molecule has 88 valence electrons. The maximum absolute atomic E-state index is 5.28. The van der Waals surface area contributed by atoms with Gasteiger partial charge >= 0.3 is 0 Å². The Morgan fingerprint density at radius 3 is 2.69 bits per heavy atom. The molecule has 0 amide bonds. The van der Waals surface area contributed by atoms with Crippen LogP contribution in [0, 0.1) is 5.92 Å². The van der Waals surface area contributed by atoms with Gasteiger partial charge < -0.3 is 10.1 Å². The lowest BCUT2D eigenvalue weighted by Gasteiger charge is -2.20. The Balaban J connectivity index is 2.24. The first-order valence-corrected chi connectivity index (χ1v) is 5.80. The Morgan fingerprint density at radius 1 is 1.31 bits per heavy atom. The van der Waals surface area contributed by atoms with Crippen LogP contribution in [-0.4, -0.2) is 30.2 Å². The summed E-state index contributed by atoms with van der Waals surface area (Å²) in [5.74, 6) is 1.72. The van der Waals surface area contributed by atoms with Gasteiger partial charge in [0, 0.05) is 24.4 Å². The van der Waals surface area contributed by atoms with Crippen LogP contribution in [0.15, 0.2) is 12.4 Å². The molecule has 3 unspecified atom stereocenters. The lowest BCUT2D eigenvalue weighted by molar-refractivity contribution is 0.368. The number of aromatic nitrogens is 2. The predicted molar refractivity (Wildman–Crippen MR) is 62.6 cm³/mol. The average molecular weight is 221 g/mol. The summed E-state index contributed by atoms with van der Waals surface area (Å²) in [6.07, 6.45) is 5.78. The van der Waals surface area contributed by atoms with E-state index < -0.39 is 0 Å². The molecule has 1 N–H and O–H groups in total. The summed E-state index contributed by atoms with van der Waals surface area (Å²) in [5.41, 5.74) is 1.01. The molecule has 0 aromatic carbocycles.